The van der Waals surface area contributed by atoms with Crippen LogP contribution in [0.4, 0.5) is 0 Å². The predicted molar refractivity (Wildman–Crippen MR) is 254 cm³/mol. The highest BCUT2D eigenvalue weighted by Crippen LogP contribution is 2.48. The molecule has 4 rings (SSSR count). The van der Waals surface area contributed by atoms with Gasteiger partial charge < -0.3 is 63.2 Å². The first-order valence-corrected chi connectivity index (χ1v) is 25.6. The summed E-state index contributed by atoms with van der Waals surface area (Å²) in [6.07, 6.45) is 2.74. The van der Waals surface area contributed by atoms with Crippen LogP contribution in [0.1, 0.15) is 103 Å². The van der Waals surface area contributed by atoms with E-state index in [1.54, 1.807) is 38.1 Å². The van der Waals surface area contributed by atoms with E-state index in [9.17, 15) is 53.4 Å². The summed E-state index contributed by atoms with van der Waals surface area (Å²) in [6, 6.07) is -2.69. The van der Waals surface area contributed by atoms with Gasteiger partial charge in [0.2, 0.25) is 47.3 Å². The summed E-state index contributed by atoms with van der Waals surface area (Å²) >= 11 is 0. The van der Waals surface area contributed by atoms with Crippen molar-refractivity contribution in [2.45, 2.75) is 157 Å². The minimum absolute atomic E-state index is 0.0244. The molecule has 2 heterocycles. The molecular formula is C45H69N9O12S2. The molecule has 0 bridgehead atoms. The molecule has 1 aliphatic carbocycles. The Bertz CT molecular complexity index is 1950. The van der Waals surface area contributed by atoms with Gasteiger partial charge in [-0.25, -0.2) is 4.79 Å². The van der Waals surface area contributed by atoms with Crippen molar-refractivity contribution in [3.63, 3.8) is 0 Å². The monoisotopic (exact) mass is 991 g/mol. The van der Waals surface area contributed by atoms with E-state index in [1.807, 2.05) is 0 Å². The molecule has 12 N–H and O–H groups in total. The number of nitrogens with one attached hydrogen (secondary N) is 6. The Morgan fingerprint density at radius 2 is 1.54 bits per heavy atom. The second-order valence-electron chi connectivity index (χ2n) is 17.9. The minimum atomic E-state index is -1.73. The van der Waals surface area contributed by atoms with Gasteiger partial charge in [-0.05, 0) is 75.6 Å². The van der Waals surface area contributed by atoms with Crippen molar-refractivity contribution in [2.75, 3.05) is 26.0 Å². The number of nitrogens with zero attached hydrogens (tertiary/aromatic N) is 1. The van der Waals surface area contributed by atoms with E-state index in [1.165, 1.54) is 40.5 Å². The number of primary amides is 1. The van der Waals surface area contributed by atoms with Crippen LogP contribution < -0.4 is 48.1 Å². The molecule has 378 valence electrons. The Morgan fingerprint density at radius 3 is 2.15 bits per heavy atom. The molecule has 0 unspecified atom stereocenters. The maximum atomic E-state index is 14.6. The van der Waals surface area contributed by atoms with E-state index in [4.69, 9.17) is 16.2 Å². The zero-order chi connectivity index (χ0) is 50.1. The molecule has 21 nitrogen and oxygen atoms in total. The molecule has 1 saturated carbocycles. The SMILES string of the molecule is CC[C@H](C)[C@@H]1NC(=O)[C@H](Cc2ccc(OC)cc2)NC(=O)CC2(CCCCC2)SSC[C@@H](C(=O)N2CCC[C@H]2C(=O)N[C@@H](CCCN)C(=O)O)NC(=O)[C@H](CC(N)=O)NC(=O)[C@H]([C@@H](C)O)NC1=O. The number of carbonyl (C=O) groups excluding carboxylic acids is 8. The molecule has 8 amide bonds. The molecule has 2 saturated heterocycles. The average Bonchev–Trinajstić information content (AvgIpc) is 3.80. The summed E-state index contributed by atoms with van der Waals surface area (Å²) in [5.74, 6) is -7.82. The third kappa shape index (κ3) is 16.0. The van der Waals surface area contributed by atoms with E-state index >= 15 is 0 Å². The topological polar surface area (TPSA) is 331 Å². The maximum absolute atomic E-state index is 14.6. The fourth-order valence-corrected chi connectivity index (χ4v) is 11.9. The zero-order valence-corrected chi connectivity index (χ0v) is 40.8. The van der Waals surface area contributed by atoms with Gasteiger partial charge >= 0.3 is 5.97 Å². The fourth-order valence-electron chi connectivity index (χ4n) is 8.53. The molecule has 1 spiro atoms. The van der Waals surface area contributed by atoms with E-state index in [0.29, 0.717) is 43.4 Å². The lowest BCUT2D eigenvalue weighted by molar-refractivity contribution is -0.145. The van der Waals surface area contributed by atoms with Crippen LogP contribution in [0.3, 0.4) is 0 Å². The molecule has 1 aromatic carbocycles. The van der Waals surface area contributed by atoms with Crippen LogP contribution in [0.15, 0.2) is 24.3 Å². The molecule has 3 fully saturated rings. The van der Waals surface area contributed by atoms with Crippen LogP contribution in [0.25, 0.3) is 0 Å². The van der Waals surface area contributed by atoms with E-state index in [0.717, 1.165) is 19.3 Å². The quantitative estimate of drug-likeness (QED) is 0.101. The lowest BCUT2D eigenvalue weighted by atomic mass is 9.85. The number of benzene rings is 1. The number of likely N-dealkylation sites (tertiary alicyclic amines) is 1. The number of methoxy groups -OCH3 is 1. The Kier molecular flexibility index (Phi) is 21.7. The number of aliphatic carboxylic acids is 1. The van der Waals surface area contributed by atoms with Gasteiger partial charge in [-0.3, -0.25) is 38.4 Å². The van der Waals surface area contributed by atoms with Crippen LogP contribution in [0.5, 0.6) is 5.75 Å². The number of hydrogen-bond acceptors (Lipinski definition) is 14. The molecule has 3 aliphatic rings. The number of hydrogen-bond donors (Lipinski definition) is 10. The van der Waals surface area contributed by atoms with E-state index < -0.39 is 119 Å². The van der Waals surface area contributed by atoms with Gasteiger partial charge in [-0.1, -0.05) is 73.3 Å². The van der Waals surface area contributed by atoms with E-state index in [-0.39, 0.29) is 44.5 Å². The fraction of sp³-hybridized carbons (Fsp3) is 0.667. The summed E-state index contributed by atoms with van der Waals surface area (Å²) in [4.78, 5) is 125. The number of carbonyl (C=O) groups is 9. The van der Waals surface area contributed by atoms with Crippen molar-refractivity contribution in [2.24, 2.45) is 17.4 Å². The van der Waals surface area contributed by atoms with Crippen LogP contribution in [0, 0.1) is 5.92 Å². The number of aliphatic hydroxyl groups is 1. The normalized spacial score (nSPS) is 25.9. The standard InChI is InChI=1S/C45H69N9O12S2/c1-5-25(2)36-41(61)53-37(26(3)55)42(62)50-31(22-34(47)56)38(58)51-32(43(63)54-20-10-12-33(54)40(60)49-29(44(64)65)11-9-19-46)24-67-68-45(17-7-6-8-18-45)23-35(57)48-30(39(59)52-36)21-27-13-15-28(66-4)16-14-27/h13-16,25-26,29-33,36-37,55H,5-12,17-24,46H2,1-4H3,(H2,47,56)(H,48,57)(H,49,60)(H,50,62)(H,51,58)(H,52,59)(H,53,61)(H,64,65)/t25-,26+,29-,30-,31-,32-,33-,36-,37-/m0/s1. The van der Waals surface area contributed by atoms with Crippen molar-refractivity contribution in [1.29, 1.82) is 0 Å². The first kappa shape index (κ1) is 55.5. The highest BCUT2D eigenvalue weighted by atomic mass is 33.1. The van der Waals surface area contributed by atoms with E-state index in [2.05, 4.69) is 31.9 Å². The minimum Gasteiger partial charge on any atom is -0.497 e. The van der Waals surface area contributed by atoms with Crippen molar-refractivity contribution in [3.8, 4) is 5.75 Å². The lowest BCUT2D eigenvalue weighted by Crippen LogP contribution is -2.63. The van der Waals surface area contributed by atoms with Gasteiger partial charge in [0.15, 0.2) is 0 Å². The molecule has 2 aliphatic heterocycles. The van der Waals surface area contributed by atoms with Crippen LogP contribution in [0.2, 0.25) is 0 Å². The maximum Gasteiger partial charge on any atom is 0.326 e. The van der Waals surface area contributed by atoms with Gasteiger partial charge in [-0.15, -0.1) is 0 Å². The summed E-state index contributed by atoms with van der Waals surface area (Å²) in [6.45, 7) is 5.00. The number of carboxylic acid groups (broad SMARTS) is 1. The Morgan fingerprint density at radius 1 is 0.897 bits per heavy atom. The first-order valence-electron chi connectivity index (χ1n) is 23.3. The Balaban J connectivity index is 1.76. The van der Waals surface area contributed by atoms with Crippen LogP contribution in [-0.4, -0.2) is 147 Å². The van der Waals surface area contributed by atoms with Gasteiger partial charge in [0.25, 0.3) is 0 Å². The molecule has 0 aromatic heterocycles. The Hall–Kier alpha value is -5.13. The molecule has 0 radical (unpaired) electrons. The molecule has 23 heteroatoms. The molecule has 1 aromatic rings. The van der Waals surface area contributed by atoms with Crippen LogP contribution in [-0.2, 0) is 49.6 Å². The summed E-state index contributed by atoms with van der Waals surface area (Å²) < 4.78 is 4.61. The van der Waals surface area contributed by atoms with Crippen molar-refractivity contribution in [3.05, 3.63) is 29.8 Å². The predicted octanol–water partition coefficient (Wildman–Crippen LogP) is -0.249. The Labute approximate surface area is 404 Å². The smallest absolute Gasteiger partial charge is 0.326 e. The molecular weight excluding hydrogens is 923 g/mol. The molecule has 68 heavy (non-hydrogen) atoms. The summed E-state index contributed by atoms with van der Waals surface area (Å²) in [5.41, 5.74) is 11.8. The van der Waals surface area contributed by atoms with Crippen molar-refractivity contribution >= 4 is 74.8 Å². The zero-order valence-electron chi connectivity index (χ0n) is 39.2. The van der Waals surface area contributed by atoms with Crippen molar-refractivity contribution < 1.29 is 58.1 Å². The third-order valence-electron chi connectivity index (χ3n) is 12.6. The summed E-state index contributed by atoms with van der Waals surface area (Å²) in [5, 5.41) is 36.4. The number of rotatable bonds is 15. The summed E-state index contributed by atoms with van der Waals surface area (Å²) in [7, 11) is 4.09. The van der Waals surface area contributed by atoms with Crippen LogP contribution >= 0.6 is 21.6 Å². The number of carboxylic acids is 1. The second kappa shape index (κ2) is 26.6. The van der Waals surface area contributed by atoms with Gasteiger partial charge in [0, 0.05) is 29.9 Å². The third-order valence-corrected chi connectivity index (χ3v) is 15.9. The average molecular weight is 992 g/mol. The second-order valence-corrected chi connectivity index (χ2v) is 20.7. The highest BCUT2D eigenvalue weighted by Gasteiger charge is 2.42. The van der Waals surface area contributed by atoms with Gasteiger partial charge in [0.1, 0.15) is 48.0 Å². The van der Waals surface area contributed by atoms with Gasteiger partial charge in [-0.2, -0.15) is 0 Å². The number of aliphatic hydroxyl groups excluding tert-OH is 1. The molecule has 9 atom stereocenters. The first-order chi connectivity index (χ1) is 32.3. The number of amides is 8. The number of nitrogens with two attached hydrogens (primary N) is 2. The highest BCUT2D eigenvalue weighted by molar-refractivity contribution is 8.77. The number of ether oxygens (including phenoxy) is 1. The van der Waals surface area contributed by atoms with Crippen molar-refractivity contribution in [1.82, 2.24) is 36.8 Å². The lowest BCUT2D eigenvalue weighted by Gasteiger charge is -2.37. The largest absolute Gasteiger partial charge is 0.497 e. The van der Waals surface area contributed by atoms with Gasteiger partial charge in [0.05, 0.1) is 19.6 Å².